The Morgan fingerprint density at radius 1 is 1.11 bits per heavy atom. The molecule has 0 saturated carbocycles. The summed E-state index contributed by atoms with van der Waals surface area (Å²) >= 11 is 0. The van der Waals surface area contributed by atoms with Crippen molar-refractivity contribution < 1.29 is 67.0 Å². The molecule has 3 heterocycles. The third-order valence-electron chi connectivity index (χ3n) is 5.43. The van der Waals surface area contributed by atoms with E-state index in [1.54, 1.807) is 0 Å². The number of carbonyl (C=O) groups is 1. The molecule has 2 fully saturated rings. The number of hydrogen-bond donors (Lipinski definition) is 8. The zero-order valence-electron chi connectivity index (χ0n) is 19.5. The molecule has 0 spiro atoms. The molecule has 21 heteroatoms. The first kappa shape index (κ1) is 30.7. The maximum Gasteiger partial charge on any atom is 0.483 e. The topological polar surface area (TPSA) is 286 Å². The fraction of sp³-hybridized carbons (Fsp3) is 0.706. The number of amides is 1. The van der Waals surface area contributed by atoms with Gasteiger partial charge >= 0.3 is 21.3 Å². The van der Waals surface area contributed by atoms with Gasteiger partial charge in [0, 0.05) is 32.2 Å². The molecule has 38 heavy (non-hydrogen) atoms. The van der Waals surface area contributed by atoms with Crippen LogP contribution in [0.4, 0.5) is 0 Å². The maximum atomic E-state index is 12.3. The van der Waals surface area contributed by atoms with Crippen molar-refractivity contribution in [2.24, 2.45) is 0 Å². The summed E-state index contributed by atoms with van der Waals surface area (Å²) in [7, 11) is -11.0. The predicted octanol–water partition coefficient (Wildman–Crippen LogP) is -3.62. The van der Waals surface area contributed by atoms with Crippen LogP contribution in [0.3, 0.4) is 0 Å². The van der Waals surface area contributed by atoms with E-state index in [-0.39, 0.29) is 6.42 Å². The standard InChI is InChI=1S/C17H27N3O16P2/c1-7(21)18-5-9-13(24)14(25)15(26)16(34-9)35-38(30,31)36-37(28,29)32-6-10-8(22)4-12(33-10)20-3-2-11(23)19-17(20)27/h2-3,8-10,12-16,22,24-26H,4-6H2,1H3,(H,18,21)(H,28,29)(H,30,31)(H,19,23,27)/t8-,9+,10+,12?,13+,14-,15+,16?/m0/s1. The number of hydrogen-bond acceptors (Lipinski definition) is 14. The molecule has 0 bridgehead atoms. The van der Waals surface area contributed by atoms with Crippen molar-refractivity contribution in [1.82, 2.24) is 14.9 Å². The molecule has 3 rings (SSSR count). The van der Waals surface area contributed by atoms with Gasteiger partial charge in [-0.1, -0.05) is 0 Å². The Morgan fingerprint density at radius 3 is 2.42 bits per heavy atom. The molecule has 0 aliphatic carbocycles. The zero-order valence-corrected chi connectivity index (χ0v) is 21.3. The number of phosphoric acid groups is 2. The smallest absolute Gasteiger partial charge is 0.390 e. The second kappa shape index (κ2) is 12.1. The van der Waals surface area contributed by atoms with E-state index in [4.69, 9.17) is 9.47 Å². The summed E-state index contributed by atoms with van der Waals surface area (Å²) in [6.45, 7) is -0.119. The van der Waals surface area contributed by atoms with Crippen LogP contribution >= 0.6 is 15.6 Å². The predicted molar refractivity (Wildman–Crippen MR) is 119 cm³/mol. The number of phosphoric ester groups is 2. The number of rotatable bonds is 10. The first-order valence-corrected chi connectivity index (χ1v) is 13.9. The Morgan fingerprint density at radius 2 is 1.79 bits per heavy atom. The summed E-state index contributed by atoms with van der Waals surface area (Å²) < 4.78 is 49.3. The van der Waals surface area contributed by atoms with Crippen molar-refractivity contribution in [2.45, 2.75) is 62.5 Å². The van der Waals surface area contributed by atoms with Crippen molar-refractivity contribution in [2.75, 3.05) is 13.2 Å². The van der Waals surface area contributed by atoms with Gasteiger partial charge in [0.05, 0.1) is 12.7 Å². The maximum absolute atomic E-state index is 12.3. The molecule has 216 valence electrons. The second-order valence-corrected chi connectivity index (χ2v) is 11.3. The highest BCUT2D eigenvalue weighted by Gasteiger charge is 2.49. The van der Waals surface area contributed by atoms with Gasteiger partial charge in [-0.3, -0.25) is 28.2 Å². The average Bonchev–Trinajstić information content (AvgIpc) is 3.16. The van der Waals surface area contributed by atoms with Crippen LogP contribution in [0.2, 0.25) is 0 Å². The van der Waals surface area contributed by atoms with Crippen molar-refractivity contribution in [1.29, 1.82) is 0 Å². The molecule has 1 amide bonds. The lowest BCUT2D eigenvalue weighted by Gasteiger charge is -2.40. The average molecular weight is 591 g/mol. The number of aliphatic hydroxyl groups excluding tert-OH is 4. The molecular weight excluding hydrogens is 564 g/mol. The van der Waals surface area contributed by atoms with Gasteiger partial charge in [0.2, 0.25) is 5.91 Å². The molecule has 1 aromatic heterocycles. The zero-order chi connectivity index (χ0) is 28.4. The minimum Gasteiger partial charge on any atom is -0.390 e. The SMILES string of the molecule is CC(=O)NC[C@H]1OC(OP(=O)(O)OP(=O)(O)OC[C@H]2OC(n3ccc(=O)[nH]c3=O)C[C@@H]2O)[C@H](O)[C@@H](O)[C@@H]1O. The highest BCUT2D eigenvalue weighted by Crippen LogP contribution is 2.61. The number of carbonyl (C=O) groups excluding carboxylic acids is 1. The van der Waals surface area contributed by atoms with Crippen molar-refractivity contribution >= 4 is 21.6 Å². The number of aromatic amines is 1. The van der Waals surface area contributed by atoms with Crippen molar-refractivity contribution in [3.05, 3.63) is 33.1 Å². The first-order chi connectivity index (χ1) is 17.6. The third kappa shape index (κ3) is 7.86. The first-order valence-electron chi connectivity index (χ1n) is 10.9. The van der Waals surface area contributed by atoms with E-state index < -0.39 is 95.1 Å². The number of aromatic nitrogens is 2. The van der Waals surface area contributed by atoms with Gasteiger partial charge in [-0.15, -0.1) is 0 Å². The Labute approximate surface area is 212 Å². The number of nitrogens with one attached hydrogen (secondary N) is 2. The van der Waals surface area contributed by atoms with Crippen LogP contribution in [-0.4, -0.2) is 102 Å². The Kier molecular flexibility index (Phi) is 9.81. The summed E-state index contributed by atoms with van der Waals surface area (Å²) in [5.41, 5.74) is -1.51. The summed E-state index contributed by atoms with van der Waals surface area (Å²) in [6.07, 6.45) is -12.2. The Bertz CT molecular complexity index is 1210. The molecule has 0 aromatic carbocycles. The largest absolute Gasteiger partial charge is 0.483 e. The lowest BCUT2D eigenvalue weighted by Crippen LogP contribution is -2.60. The van der Waals surface area contributed by atoms with E-state index in [0.717, 1.165) is 23.8 Å². The number of aliphatic hydroxyl groups is 4. The molecule has 4 unspecified atom stereocenters. The van der Waals surface area contributed by atoms with E-state index >= 15 is 0 Å². The third-order valence-corrected chi connectivity index (χ3v) is 8.03. The van der Waals surface area contributed by atoms with Gasteiger partial charge in [0.25, 0.3) is 5.56 Å². The van der Waals surface area contributed by atoms with Gasteiger partial charge in [0.15, 0.2) is 6.29 Å². The van der Waals surface area contributed by atoms with Crippen LogP contribution in [0.15, 0.2) is 21.9 Å². The molecule has 2 aliphatic heterocycles. The molecule has 2 saturated heterocycles. The summed E-state index contributed by atoms with van der Waals surface area (Å²) in [6, 6.07) is 1.03. The quantitative estimate of drug-likeness (QED) is 0.122. The van der Waals surface area contributed by atoms with Crippen molar-refractivity contribution in [3.63, 3.8) is 0 Å². The van der Waals surface area contributed by atoms with Gasteiger partial charge < -0.3 is 45.0 Å². The molecule has 19 nitrogen and oxygen atoms in total. The van der Waals surface area contributed by atoms with Gasteiger partial charge in [-0.2, -0.15) is 4.31 Å². The number of nitrogens with zero attached hydrogens (tertiary/aromatic N) is 1. The fourth-order valence-electron chi connectivity index (χ4n) is 3.58. The normalized spacial score (nSPS) is 34.8. The molecule has 0 radical (unpaired) electrons. The van der Waals surface area contributed by atoms with Crippen LogP contribution in [0.25, 0.3) is 0 Å². The fourth-order valence-corrected chi connectivity index (χ4v) is 5.74. The van der Waals surface area contributed by atoms with Gasteiger partial charge in [-0.05, 0) is 0 Å². The number of H-pyrrole nitrogens is 1. The van der Waals surface area contributed by atoms with Crippen molar-refractivity contribution in [3.8, 4) is 0 Å². The monoisotopic (exact) mass is 591 g/mol. The Hall–Kier alpha value is -1.83. The molecule has 8 N–H and O–H groups in total. The lowest BCUT2D eigenvalue weighted by atomic mass is 9.99. The summed E-state index contributed by atoms with van der Waals surface area (Å²) in [5.74, 6) is -0.540. The minimum atomic E-state index is -5.56. The van der Waals surface area contributed by atoms with Gasteiger partial charge in [-0.25, -0.2) is 13.9 Å². The molecule has 10 atom stereocenters. The molecule has 1 aromatic rings. The van der Waals surface area contributed by atoms with E-state index in [9.17, 15) is 53.7 Å². The summed E-state index contributed by atoms with van der Waals surface area (Å²) in [5, 5.41) is 42.3. The number of ether oxygens (including phenoxy) is 2. The minimum absolute atomic E-state index is 0.178. The lowest BCUT2D eigenvalue weighted by molar-refractivity contribution is -0.273. The highest BCUT2D eigenvalue weighted by molar-refractivity contribution is 7.61. The van der Waals surface area contributed by atoms with Crippen LogP contribution in [0.5, 0.6) is 0 Å². The van der Waals surface area contributed by atoms with E-state index in [2.05, 4.69) is 18.7 Å². The molecule has 2 aliphatic rings. The van der Waals surface area contributed by atoms with Crippen LogP contribution in [0.1, 0.15) is 19.6 Å². The van der Waals surface area contributed by atoms with Crippen LogP contribution in [0, 0.1) is 0 Å². The van der Waals surface area contributed by atoms with Crippen LogP contribution in [-0.2, 0) is 36.8 Å². The van der Waals surface area contributed by atoms with Crippen LogP contribution < -0.4 is 16.6 Å². The second-order valence-electron chi connectivity index (χ2n) is 8.32. The van der Waals surface area contributed by atoms with E-state index in [1.807, 2.05) is 4.98 Å². The summed E-state index contributed by atoms with van der Waals surface area (Å²) in [4.78, 5) is 55.9. The Balaban J connectivity index is 1.58. The molecular formula is C17H27N3O16P2. The van der Waals surface area contributed by atoms with Gasteiger partial charge in [0.1, 0.15) is 36.7 Å². The highest BCUT2D eigenvalue weighted by atomic mass is 31.3. The van der Waals surface area contributed by atoms with E-state index in [1.165, 1.54) is 0 Å². The van der Waals surface area contributed by atoms with E-state index in [0.29, 0.717) is 0 Å².